The van der Waals surface area contributed by atoms with Crippen molar-refractivity contribution in [1.29, 1.82) is 0 Å². The van der Waals surface area contributed by atoms with E-state index in [1.807, 2.05) is 12.1 Å². The van der Waals surface area contributed by atoms with Crippen molar-refractivity contribution in [2.45, 2.75) is 19.8 Å². The molecule has 7 heteroatoms. The minimum absolute atomic E-state index is 0.274. The highest BCUT2D eigenvalue weighted by Gasteiger charge is 2.15. The number of fused-ring (bicyclic) bond motifs is 1. The van der Waals surface area contributed by atoms with E-state index >= 15 is 0 Å². The van der Waals surface area contributed by atoms with Gasteiger partial charge in [0.1, 0.15) is 5.01 Å². The SMILES string of the molecule is CC(C)c1nnc2sc(-c3cc(N)cc(N)c3)nn12. The van der Waals surface area contributed by atoms with Crippen molar-refractivity contribution in [3.05, 3.63) is 24.0 Å². The molecule has 98 valence electrons. The van der Waals surface area contributed by atoms with Gasteiger partial charge in [0.25, 0.3) is 0 Å². The Bertz CT molecular complexity index is 722. The first-order valence-corrected chi connectivity index (χ1v) is 6.75. The second-order valence-electron chi connectivity index (χ2n) is 4.70. The van der Waals surface area contributed by atoms with Crippen LogP contribution >= 0.6 is 11.3 Å². The van der Waals surface area contributed by atoms with Gasteiger partial charge in [-0.1, -0.05) is 25.2 Å². The van der Waals surface area contributed by atoms with E-state index in [1.54, 1.807) is 10.6 Å². The van der Waals surface area contributed by atoms with Crippen LogP contribution in [0.15, 0.2) is 18.2 Å². The number of hydrogen-bond donors (Lipinski definition) is 2. The van der Waals surface area contributed by atoms with Crippen molar-refractivity contribution in [2.75, 3.05) is 11.5 Å². The summed E-state index contributed by atoms with van der Waals surface area (Å²) in [5.41, 5.74) is 13.8. The molecule has 2 aromatic heterocycles. The lowest BCUT2D eigenvalue weighted by atomic mass is 10.2. The Balaban J connectivity index is 2.15. The standard InChI is InChI=1S/C12H14N6S/c1-6(2)10-15-16-12-18(10)17-11(19-12)7-3-8(13)5-9(14)4-7/h3-6H,13-14H2,1-2H3. The molecule has 6 nitrogen and oxygen atoms in total. The summed E-state index contributed by atoms with van der Waals surface area (Å²) in [7, 11) is 0. The molecule has 4 N–H and O–H groups in total. The molecule has 0 fully saturated rings. The zero-order valence-corrected chi connectivity index (χ0v) is 11.5. The summed E-state index contributed by atoms with van der Waals surface area (Å²) in [6, 6.07) is 5.44. The number of nitrogen functional groups attached to an aromatic ring is 2. The summed E-state index contributed by atoms with van der Waals surface area (Å²) in [4.78, 5) is 0.777. The second kappa shape index (κ2) is 4.20. The number of anilines is 2. The molecule has 0 aliphatic rings. The fourth-order valence-electron chi connectivity index (χ4n) is 1.91. The Morgan fingerprint density at radius 1 is 1.11 bits per heavy atom. The number of rotatable bonds is 2. The third-order valence-corrected chi connectivity index (χ3v) is 3.70. The summed E-state index contributed by atoms with van der Waals surface area (Å²) in [6.07, 6.45) is 0. The number of aromatic nitrogens is 4. The molecule has 1 aromatic carbocycles. The molecule has 0 atom stereocenters. The zero-order valence-electron chi connectivity index (χ0n) is 10.7. The van der Waals surface area contributed by atoms with Gasteiger partial charge < -0.3 is 11.5 Å². The highest BCUT2D eigenvalue weighted by molar-refractivity contribution is 7.19. The van der Waals surface area contributed by atoms with Crippen LogP contribution in [0.5, 0.6) is 0 Å². The molecule has 3 aromatic rings. The number of hydrogen-bond acceptors (Lipinski definition) is 6. The van der Waals surface area contributed by atoms with E-state index in [0.717, 1.165) is 21.4 Å². The minimum atomic E-state index is 0.274. The predicted molar refractivity (Wildman–Crippen MR) is 77.0 cm³/mol. The molecular formula is C12H14N6S. The molecule has 0 spiro atoms. The lowest BCUT2D eigenvalue weighted by Gasteiger charge is -2.01. The van der Waals surface area contributed by atoms with Crippen molar-refractivity contribution in [3.63, 3.8) is 0 Å². The first-order valence-electron chi connectivity index (χ1n) is 5.93. The Morgan fingerprint density at radius 3 is 2.42 bits per heavy atom. The van der Waals surface area contributed by atoms with Crippen LogP contribution in [0, 0.1) is 0 Å². The van der Waals surface area contributed by atoms with E-state index in [4.69, 9.17) is 11.5 Å². The van der Waals surface area contributed by atoms with Crippen LogP contribution in [0.2, 0.25) is 0 Å². The fourth-order valence-corrected chi connectivity index (χ4v) is 2.74. The van der Waals surface area contributed by atoms with Crippen LogP contribution in [-0.4, -0.2) is 19.8 Å². The molecule has 0 amide bonds. The van der Waals surface area contributed by atoms with E-state index in [9.17, 15) is 0 Å². The maximum atomic E-state index is 5.81. The minimum Gasteiger partial charge on any atom is -0.399 e. The fraction of sp³-hybridized carbons (Fsp3) is 0.250. The van der Waals surface area contributed by atoms with Crippen molar-refractivity contribution in [3.8, 4) is 10.6 Å². The Labute approximate surface area is 114 Å². The maximum absolute atomic E-state index is 5.81. The zero-order chi connectivity index (χ0) is 13.6. The van der Waals surface area contributed by atoms with Crippen LogP contribution in [-0.2, 0) is 0 Å². The number of nitrogens with zero attached hydrogens (tertiary/aromatic N) is 4. The monoisotopic (exact) mass is 274 g/mol. The maximum Gasteiger partial charge on any atom is 0.234 e. The van der Waals surface area contributed by atoms with Crippen LogP contribution in [0.25, 0.3) is 15.5 Å². The predicted octanol–water partition coefficient (Wildman–Crippen LogP) is 2.14. The van der Waals surface area contributed by atoms with E-state index in [1.165, 1.54) is 11.3 Å². The largest absolute Gasteiger partial charge is 0.399 e. The number of nitrogens with two attached hydrogens (primary N) is 2. The summed E-state index contributed by atoms with van der Waals surface area (Å²) < 4.78 is 1.78. The van der Waals surface area contributed by atoms with E-state index < -0.39 is 0 Å². The van der Waals surface area contributed by atoms with Crippen molar-refractivity contribution in [2.24, 2.45) is 0 Å². The van der Waals surface area contributed by atoms with Crippen molar-refractivity contribution >= 4 is 27.7 Å². The second-order valence-corrected chi connectivity index (χ2v) is 5.66. The van der Waals surface area contributed by atoms with Gasteiger partial charge in [0.15, 0.2) is 5.82 Å². The van der Waals surface area contributed by atoms with Gasteiger partial charge in [-0.05, 0) is 18.2 Å². The lowest BCUT2D eigenvalue weighted by Crippen LogP contribution is -1.98. The van der Waals surface area contributed by atoms with Crippen LogP contribution in [0.3, 0.4) is 0 Å². The van der Waals surface area contributed by atoms with Gasteiger partial charge in [-0.3, -0.25) is 0 Å². The van der Waals surface area contributed by atoms with Gasteiger partial charge in [-0.15, -0.1) is 10.2 Å². The van der Waals surface area contributed by atoms with Gasteiger partial charge in [0, 0.05) is 22.9 Å². The molecule has 0 bridgehead atoms. The lowest BCUT2D eigenvalue weighted by molar-refractivity contribution is 0.727. The Kier molecular flexibility index (Phi) is 2.63. The molecule has 0 unspecified atom stereocenters. The molecule has 0 saturated carbocycles. The van der Waals surface area contributed by atoms with Crippen LogP contribution in [0.1, 0.15) is 25.6 Å². The number of benzene rings is 1. The van der Waals surface area contributed by atoms with Gasteiger partial charge in [-0.2, -0.15) is 9.61 Å². The molecule has 0 saturated heterocycles. The summed E-state index contributed by atoms with van der Waals surface area (Å²) in [5.74, 6) is 1.13. The van der Waals surface area contributed by atoms with Gasteiger partial charge >= 0.3 is 0 Å². The Hall–Kier alpha value is -2.15. The van der Waals surface area contributed by atoms with Crippen molar-refractivity contribution < 1.29 is 0 Å². The first kappa shape index (κ1) is 11.9. The van der Waals surface area contributed by atoms with Gasteiger partial charge in [0.2, 0.25) is 4.96 Å². The average Bonchev–Trinajstić information content (AvgIpc) is 2.85. The quantitative estimate of drug-likeness (QED) is 0.698. The highest BCUT2D eigenvalue weighted by atomic mass is 32.1. The van der Waals surface area contributed by atoms with E-state index in [2.05, 4.69) is 29.1 Å². The Morgan fingerprint density at radius 2 is 1.79 bits per heavy atom. The van der Waals surface area contributed by atoms with Crippen LogP contribution < -0.4 is 11.5 Å². The molecule has 2 heterocycles. The highest BCUT2D eigenvalue weighted by Crippen LogP contribution is 2.29. The summed E-state index contributed by atoms with van der Waals surface area (Å²) in [6.45, 7) is 4.13. The first-order chi connectivity index (χ1) is 9.04. The molecule has 3 rings (SSSR count). The molecule has 19 heavy (non-hydrogen) atoms. The molecular weight excluding hydrogens is 260 g/mol. The topological polar surface area (TPSA) is 95.1 Å². The summed E-state index contributed by atoms with van der Waals surface area (Å²) >= 11 is 1.47. The molecule has 0 radical (unpaired) electrons. The van der Waals surface area contributed by atoms with E-state index in [-0.39, 0.29) is 5.92 Å². The van der Waals surface area contributed by atoms with Crippen molar-refractivity contribution in [1.82, 2.24) is 19.8 Å². The van der Waals surface area contributed by atoms with E-state index in [0.29, 0.717) is 11.4 Å². The molecule has 0 aliphatic carbocycles. The molecule has 0 aliphatic heterocycles. The summed E-state index contributed by atoms with van der Waals surface area (Å²) in [5, 5.41) is 13.7. The smallest absolute Gasteiger partial charge is 0.234 e. The van der Waals surface area contributed by atoms with Gasteiger partial charge in [-0.25, -0.2) is 0 Å². The normalized spacial score (nSPS) is 11.5. The van der Waals surface area contributed by atoms with Gasteiger partial charge in [0.05, 0.1) is 0 Å². The third kappa shape index (κ3) is 2.01. The van der Waals surface area contributed by atoms with Crippen LogP contribution in [0.4, 0.5) is 11.4 Å². The third-order valence-electron chi connectivity index (χ3n) is 2.76. The average molecular weight is 274 g/mol.